The summed E-state index contributed by atoms with van der Waals surface area (Å²) in [4.78, 5) is 0.263. The fourth-order valence-corrected chi connectivity index (χ4v) is 3.41. The molecule has 1 aliphatic rings. The highest BCUT2D eigenvalue weighted by atomic mass is 32.2. The molecule has 0 aromatic heterocycles. The van der Waals surface area contributed by atoms with Crippen molar-refractivity contribution in [3.05, 3.63) is 29.3 Å². The molecule has 2 rings (SSSR count). The van der Waals surface area contributed by atoms with Gasteiger partial charge in [-0.3, -0.25) is 0 Å². The first-order chi connectivity index (χ1) is 9.53. The van der Waals surface area contributed by atoms with Crippen molar-refractivity contribution in [2.45, 2.75) is 43.7 Å². The first-order valence-electron chi connectivity index (χ1n) is 6.94. The largest absolute Gasteiger partial charge is 0.377 e. The topological polar surface area (TPSA) is 81.4 Å². The summed E-state index contributed by atoms with van der Waals surface area (Å²) >= 11 is 0. The van der Waals surface area contributed by atoms with Crippen LogP contribution in [0.15, 0.2) is 23.1 Å². The lowest BCUT2D eigenvalue weighted by Crippen LogP contribution is -2.35. The van der Waals surface area contributed by atoms with Gasteiger partial charge in [0.25, 0.3) is 0 Å². The number of sulfonamides is 1. The van der Waals surface area contributed by atoms with Crippen molar-refractivity contribution in [3.8, 4) is 0 Å². The third-order valence-corrected chi connectivity index (χ3v) is 5.05. The molecule has 1 aromatic rings. The Kier molecular flexibility index (Phi) is 5.15. The summed E-state index contributed by atoms with van der Waals surface area (Å²) < 4.78 is 32.6. The highest BCUT2D eigenvalue weighted by molar-refractivity contribution is 7.89. The summed E-state index contributed by atoms with van der Waals surface area (Å²) in [7, 11) is -3.49. The molecule has 1 aromatic carbocycles. The van der Waals surface area contributed by atoms with Gasteiger partial charge in [0.15, 0.2) is 0 Å². The summed E-state index contributed by atoms with van der Waals surface area (Å²) in [6, 6.07) is 5.03. The number of rotatable bonds is 5. The van der Waals surface area contributed by atoms with E-state index in [1.807, 2.05) is 6.92 Å². The third kappa shape index (κ3) is 3.79. The Balaban J connectivity index is 2.05. The van der Waals surface area contributed by atoms with E-state index in [1.165, 1.54) is 0 Å². The number of aryl methyl sites for hydroxylation is 1. The van der Waals surface area contributed by atoms with Crippen LogP contribution in [0.2, 0.25) is 0 Å². The number of benzene rings is 1. The minimum Gasteiger partial charge on any atom is -0.377 e. The van der Waals surface area contributed by atoms with E-state index in [2.05, 4.69) is 4.72 Å². The Morgan fingerprint density at radius 1 is 1.40 bits per heavy atom. The highest BCUT2D eigenvalue weighted by Gasteiger charge is 2.19. The summed E-state index contributed by atoms with van der Waals surface area (Å²) in [6.07, 6.45) is 3.04. The second-order valence-electron chi connectivity index (χ2n) is 5.13. The van der Waals surface area contributed by atoms with E-state index in [-0.39, 0.29) is 11.0 Å². The zero-order valence-electron chi connectivity index (χ0n) is 11.8. The van der Waals surface area contributed by atoms with Gasteiger partial charge in [0, 0.05) is 19.7 Å². The van der Waals surface area contributed by atoms with Crippen LogP contribution >= 0.6 is 0 Å². The number of nitrogens with two attached hydrogens (primary N) is 1. The standard InChI is InChI=1S/C14H22N2O3S/c1-11-5-6-14(8-12(11)9-15)20(17,18)16-10-13-4-2-3-7-19-13/h5-6,8,13,16H,2-4,7,9-10,15H2,1H3. The lowest BCUT2D eigenvalue weighted by Gasteiger charge is -2.22. The number of hydrogen-bond donors (Lipinski definition) is 2. The van der Waals surface area contributed by atoms with E-state index in [1.54, 1.807) is 18.2 Å². The molecule has 0 amide bonds. The van der Waals surface area contributed by atoms with E-state index >= 15 is 0 Å². The van der Waals surface area contributed by atoms with Crippen LogP contribution in [0.1, 0.15) is 30.4 Å². The molecule has 0 aliphatic carbocycles. The van der Waals surface area contributed by atoms with E-state index in [4.69, 9.17) is 10.5 Å². The average molecular weight is 298 g/mol. The van der Waals surface area contributed by atoms with Crippen LogP contribution in [-0.4, -0.2) is 27.7 Å². The van der Waals surface area contributed by atoms with Gasteiger partial charge in [-0.05, 0) is 49.4 Å². The summed E-state index contributed by atoms with van der Waals surface area (Å²) in [5, 5.41) is 0. The first-order valence-corrected chi connectivity index (χ1v) is 8.42. The molecule has 112 valence electrons. The third-order valence-electron chi connectivity index (χ3n) is 3.63. The van der Waals surface area contributed by atoms with Gasteiger partial charge in [-0.1, -0.05) is 6.07 Å². The molecule has 0 bridgehead atoms. The van der Waals surface area contributed by atoms with Crippen molar-refractivity contribution in [1.82, 2.24) is 4.72 Å². The second-order valence-corrected chi connectivity index (χ2v) is 6.90. The quantitative estimate of drug-likeness (QED) is 0.858. The molecule has 1 fully saturated rings. The van der Waals surface area contributed by atoms with Crippen molar-refractivity contribution >= 4 is 10.0 Å². The van der Waals surface area contributed by atoms with Gasteiger partial charge in [-0.25, -0.2) is 13.1 Å². The number of ether oxygens (including phenoxy) is 1. The van der Waals surface area contributed by atoms with Crippen LogP contribution in [0.4, 0.5) is 0 Å². The lowest BCUT2D eigenvalue weighted by molar-refractivity contribution is 0.0200. The van der Waals surface area contributed by atoms with Crippen molar-refractivity contribution in [1.29, 1.82) is 0 Å². The van der Waals surface area contributed by atoms with Crippen LogP contribution < -0.4 is 10.5 Å². The molecular formula is C14H22N2O3S. The average Bonchev–Trinajstić information content (AvgIpc) is 2.46. The molecule has 1 aliphatic heterocycles. The molecule has 0 radical (unpaired) electrons. The Bertz CT molecular complexity index is 552. The zero-order valence-corrected chi connectivity index (χ0v) is 12.6. The lowest BCUT2D eigenvalue weighted by atomic mass is 10.1. The molecule has 1 unspecified atom stereocenters. The number of nitrogens with one attached hydrogen (secondary N) is 1. The molecule has 1 atom stereocenters. The molecule has 5 nitrogen and oxygen atoms in total. The molecule has 0 saturated carbocycles. The summed E-state index contributed by atoms with van der Waals surface area (Å²) in [6.45, 7) is 3.30. The second kappa shape index (κ2) is 6.67. The minimum absolute atomic E-state index is 0.0158. The molecule has 6 heteroatoms. The molecule has 0 spiro atoms. The molecule has 1 heterocycles. The van der Waals surface area contributed by atoms with Gasteiger partial charge < -0.3 is 10.5 Å². The molecule has 3 N–H and O–H groups in total. The predicted octanol–water partition coefficient (Wildman–Crippen LogP) is 1.30. The van der Waals surface area contributed by atoms with Crippen molar-refractivity contribution in [2.24, 2.45) is 5.73 Å². The normalized spacial score (nSPS) is 20.0. The Labute approximate surface area is 120 Å². The van der Waals surface area contributed by atoms with Crippen LogP contribution in [0.25, 0.3) is 0 Å². The Morgan fingerprint density at radius 2 is 2.20 bits per heavy atom. The smallest absolute Gasteiger partial charge is 0.240 e. The van der Waals surface area contributed by atoms with E-state index in [0.29, 0.717) is 19.7 Å². The van der Waals surface area contributed by atoms with Crippen molar-refractivity contribution in [3.63, 3.8) is 0 Å². The van der Waals surface area contributed by atoms with E-state index in [0.717, 1.165) is 30.4 Å². The predicted molar refractivity (Wildman–Crippen MR) is 77.8 cm³/mol. The fraction of sp³-hybridized carbons (Fsp3) is 0.571. The Morgan fingerprint density at radius 3 is 2.85 bits per heavy atom. The molecular weight excluding hydrogens is 276 g/mol. The molecule has 1 saturated heterocycles. The van der Waals surface area contributed by atoms with Gasteiger partial charge in [0.05, 0.1) is 11.0 Å². The van der Waals surface area contributed by atoms with E-state index < -0.39 is 10.0 Å². The van der Waals surface area contributed by atoms with Gasteiger partial charge in [0.2, 0.25) is 10.0 Å². The van der Waals surface area contributed by atoms with Crippen LogP contribution in [0.5, 0.6) is 0 Å². The monoisotopic (exact) mass is 298 g/mol. The summed E-state index contributed by atoms with van der Waals surface area (Å²) in [5.74, 6) is 0. The fourth-order valence-electron chi connectivity index (χ4n) is 2.29. The SMILES string of the molecule is Cc1ccc(S(=O)(=O)NCC2CCCCO2)cc1CN. The first kappa shape index (κ1) is 15.4. The zero-order chi connectivity index (χ0) is 14.6. The van der Waals surface area contributed by atoms with Crippen LogP contribution in [-0.2, 0) is 21.3 Å². The Hall–Kier alpha value is -0.950. The summed E-state index contributed by atoms with van der Waals surface area (Å²) in [5.41, 5.74) is 7.47. The van der Waals surface area contributed by atoms with Crippen molar-refractivity contribution in [2.75, 3.05) is 13.2 Å². The molecule has 20 heavy (non-hydrogen) atoms. The number of hydrogen-bond acceptors (Lipinski definition) is 4. The van der Waals surface area contributed by atoms with Gasteiger partial charge >= 0.3 is 0 Å². The maximum absolute atomic E-state index is 12.2. The maximum atomic E-state index is 12.2. The van der Waals surface area contributed by atoms with Gasteiger partial charge in [0.1, 0.15) is 0 Å². The highest BCUT2D eigenvalue weighted by Crippen LogP contribution is 2.16. The van der Waals surface area contributed by atoms with Crippen LogP contribution in [0.3, 0.4) is 0 Å². The van der Waals surface area contributed by atoms with Crippen LogP contribution in [0, 0.1) is 6.92 Å². The maximum Gasteiger partial charge on any atom is 0.240 e. The van der Waals surface area contributed by atoms with Crippen molar-refractivity contribution < 1.29 is 13.2 Å². The van der Waals surface area contributed by atoms with Gasteiger partial charge in [-0.15, -0.1) is 0 Å². The van der Waals surface area contributed by atoms with E-state index in [9.17, 15) is 8.42 Å². The minimum atomic E-state index is -3.49. The van der Waals surface area contributed by atoms with Gasteiger partial charge in [-0.2, -0.15) is 0 Å².